The first-order valence-electron chi connectivity index (χ1n) is 19.1. The summed E-state index contributed by atoms with van der Waals surface area (Å²) in [6.07, 6.45) is 2.99. The van der Waals surface area contributed by atoms with E-state index in [0.29, 0.717) is 57.2 Å². The molecular formula is C40H54N8O15S2. The zero-order valence-corrected chi connectivity index (χ0v) is 38.9. The van der Waals surface area contributed by atoms with Crippen LogP contribution in [0.3, 0.4) is 0 Å². The highest BCUT2D eigenvalue weighted by Gasteiger charge is 2.23. The number of nitrogens with zero attached hydrogens (tertiary/aromatic N) is 4. The van der Waals surface area contributed by atoms with Crippen LogP contribution < -0.4 is 31.0 Å². The van der Waals surface area contributed by atoms with E-state index >= 15 is 0 Å². The van der Waals surface area contributed by atoms with Crippen molar-refractivity contribution in [2.24, 2.45) is 0 Å². The van der Waals surface area contributed by atoms with Gasteiger partial charge in [-0.2, -0.15) is 16.8 Å². The maximum atomic E-state index is 13.2. The van der Waals surface area contributed by atoms with E-state index < -0.39 is 30.1 Å². The van der Waals surface area contributed by atoms with E-state index in [1.807, 2.05) is 51.8 Å². The van der Waals surface area contributed by atoms with Gasteiger partial charge in [0.1, 0.15) is 22.5 Å². The Labute approximate surface area is 373 Å². The van der Waals surface area contributed by atoms with Crippen molar-refractivity contribution in [2.45, 2.75) is 39.0 Å². The fraction of sp³-hybridized carbons (Fsp3) is 0.350. The van der Waals surface area contributed by atoms with Crippen LogP contribution in [0.2, 0.25) is 0 Å². The van der Waals surface area contributed by atoms with Crippen LogP contribution in [-0.4, -0.2) is 128 Å². The summed E-state index contributed by atoms with van der Waals surface area (Å²) < 4.78 is 62.2. The molecule has 0 fully saturated rings. The molecule has 0 spiro atoms. The van der Waals surface area contributed by atoms with E-state index in [-0.39, 0.29) is 61.8 Å². The van der Waals surface area contributed by atoms with Crippen LogP contribution in [0.25, 0.3) is 43.6 Å². The standard InChI is InChI=1S/2C19H22N4O4.2CH4O3S.H2O/c2*1-5-16(22(2)3)20-14-8-9-15(23(25)26)18-17(14)19(24)12-10-11(27-4)6-7-13(12)21-18;2*1-5(2,3)4;/h2*6-10,16,20H,5H2,1-4H3,(H,21,24);2*1H3,(H,2,3,4);1H2. The second kappa shape index (κ2) is 22.9. The molecule has 2 aromatic heterocycles. The molecule has 0 saturated heterocycles. The number of ether oxygens (including phenoxy) is 2. The number of aromatic amines is 2. The van der Waals surface area contributed by atoms with Crippen molar-refractivity contribution >= 4 is 86.6 Å². The highest BCUT2D eigenvalue weighted by atomic mass is 32.2. The number of hydrogen-bond donors (Lipinski definition) is 6. The summed E-state index contributed by atoms with van der Waals surface area (Å²) in [5.74, 6) is 1.10. The average molecular weight is 951 g/mol. The van der Waals surface area contributed by atoms with Gasteiger partial charge in [0, 0.05) is 34.3 Å². The summed E-state index contributed by atoms with van der Waals surface area (Å²) in [6.45, 7) is 4.05. The number of fused-ring (bicyclic) bond motifs is 4. The molecule has 0 aliphatic carbocycles. The maximum Gasteiger partial charge on any atom is 0.293 e. The van der Waals surface area contributed by atoms with Crippen LogP contribution in [0.5, 0.6) is 11.5 Å². The quantitative estimate of drug-likeness (QED) is 0.0315. The Morgan fingerprint density at radius 1 is 0.646 bits per heavy atom. The molecule has 6 rings (SSSR count). The number of aromatic nitrogens is 2. The summed E-state index contributed by atoms with van der Waals surface area (Å²) >= 11 is 0. The third kappa shape index (κ3) is 14.8. The lowest BCUT2D eigenvalue weighted by Gasteiger charge is -2.25. The maximum absolute atomic E-state index is 13.2. The van der Waals surface area contributed by atoms with Crippen molar-refractivity contribution in [1.82, 2.24) is 19.8 Å². The lowest BCUT2D eigenvalue weighted by molar-refractivity contribution is -0.383. The number of pyridine rings is 2. The molecule has 65 heavy (non-hydrogen) atoms. The molecule has 356 valence electrons. The number of non-ortho nitro benzene ring substituents is 2. The lowest BCUT2D eigenvalue weighted by Crippen LogP contribution is -2.34. The number of hydrogen-bond acceptors (Lipinski definition) is 16. The molecule has 0 saturated carbocycles. The normalized spacial score (nSPS) is 12.2. The van der Waals surface area contributed by atoms with Gasteiger partial charge < -0.3 is 35.6 Å². The van der Waals surface area contributed by atoms with E-state index in [4.69, 9.17) is 18.6 Å². The molecular weight excluding hydrogens is 897 g/mol. The molecule has 0 bridgehead atoms. The highest BCUT2D eigenvalue weighted by molar-refractivity contribution is 7.85. The van der Waals surface area contributed by atoms with Gasteiger partial charge in [-0.3, -0.25) is 48.7 Å². The molecule has 23 nitrogen and oxygen atoms in total. The fourth-order valence-corrected chi connectivity index (χ4v) is 6.44. The summed E-state index contributed by atoms with van der Waals surface area (Å²) in [5.41, 5.74) is 1.75. The van der Waals surface area contributed by atoms with Gasteiger partial charge in [0.15, 0.2) is 10.9 Å². The van der Waals surface area contributed by atoms with Crippen molar-refractivity contribution in [2.75, 3.05) is 65.6 Å². The zero-order valence-electron chi connectivity index (χ0n) is 37.2. The number of benzene rings is 4. The van der Waals surface area contributed by atoms with Crippen LogP contribution >= 0.6 is 0 Å². The van der Waals surface area contributed by atoms with Crippen LogP contribution in [-0.2, 0) is 20.2 Å². The Morgan fingerprint density at radius 3 is 1.20 bits per heavy atom. The molecule has 0 radical (unpaired) electrons. The molecule has 0 amide bonds. The van der Waals surface area contributed by atoms with Crippen molar-refractivity contribution < 1.29 is 50.7 Å². The summed E-state index contributed by atoms with van der Waals surface area (Å²) in [4.78, 5) is 58.6. The summed E-state index contributed by atoms with van der Waals surface area (Å²) in [5, 5.41) is 31.0. The molecule has 2 atom stereocenters. The molecule has 6 aromatic rings. The molecule has 2 unspecified atom stereocenters. The second-order valence-electron chi connectivity index (χ2n) is 14.5. The monoisotopic (exact) mass is 950 g/mol. The van der Waals surface area contributed by atoms with Gasteiger partial charge in [0.25, 0.3) is 31.6 Å². The SMILES string of the molecule is CCC(Nc1ccc([N+](=O)[O-])c2[nH]c3ccc(OC)cc3c(=O)c12)N(C)C.CCC(Nc1ccc([N+](=O)[O-])c2[nH]c3ccc(OC)cc3c(=O)c12)N(C)C.CS(=O)(=O)O.CS(=O)(=O)O.O. The Balaban J connectivity index is 0.000000365. The van der Waals surface area contributed by atoms with Crippen LogP contribution in [0.4, 0.5) is 22.7 Å². The Kier molecular flexibility index (Phi) is 19.3. The number of H-pyrrole nitrogens is 2. The average Bonchev–Trinajstić information content (AvgIpc) is 3.20. The topological polar surface area (TPSA) is 341 Å². The fourth-order valence-electron chi connectivity index (χ4n) is 6.44. The van der Waals surface area contributed by atoms with Gasteiger partial charge in [0.2, 0.25) is 0 Å². The van der Waals surface area contributed by atoms with E-state index in [0.717, 1.165) is 12.8 Å². The molecule has 8 N–H and O–H groups in total. The largest absolute Gasteiger partial charge is 0.497 e. The predicted octanol–water partition coefficient (Wildman–Crippen LogP) is 4.80. The molecule has 0 aliphatic rings. The van der Waals surface area contributed by atoms with Gasteiger partial charge in [-0.15, -0.1) is 0 Å². The minimum Gasteiger partial charge on any atom is -0.497 e. The van der Waals surface area contributed by atoms with Crippen molar-refractivity contribution in [3.63, 3.8) is 0 Å². The van der Waals surface area contributed by atoms with Crippen LogP contribution in [0, 0.1) is 20.2 Å². The summed E-state index contributed by atoms with van der Waals surface area (Å²) in [6, 6.07) is 16.1. The third-order valence-electron chi connectivity index (χ3n) is 9.34. The zero-order chi connectivity index (χ0) is 48.4. The van der Waals surface area contributed by atoms with E-state index in [9.17, 15) is 46.7 Å². The van der Waals surface area contributed by atoms with Gasteiger partial charge in [-0.05, 0) is 89.6 Å². The highest BCUT2D eigenvalue weighted by Crippen LogP contribution is 2.33. The van der Waals surface area contributed by atoms with Crippen molar-refractivity contribution in [3.8, 4) is 11.5 Å². The van der Waals surface area contributed by atoms with E-state index in [1.165, 1.54) is 26.4 Å². The first-order valence-corrected chi connectivity index (χ1v) is 22.8. The smallest absolute Gasteiger partial charge is 0.293 e. The summed E-state index contributed by atoms with van der Waals surface area (Å²) in [7, 11) is 3.44. The third-order valence-corrected chi connectivity index (χ3v) is 9.34. The van der Waals surface area contributed by atoms with Gasteiger partial charge in [-0.25, -0.2) is 0 Å². The first-order chi connectivity index (χ1) is 29.7. The van der Waals surface area contributed by atoms with Crippen LogP contribution in [0.15, 0.2) is 70.3 Å². The molecule has 25 heteroatoms. The minimum absolute atomic E-state index is 0. The molecule has 2 heterocycles. The van der Waals surface area contributed by atoms with Gasteiger partial charge in [0.05, 0.1) is 70.7 Å². The number of nitrogens with one attached hydrogen (secondary N) is 4. The first kappa shape index (κ1) is 54.7. The van der Waals surface area contributed by atoms with E-state index in [2.05, 4.69) is 20.6 Å². The number of methoxy groups -OCH3 is 2. The molecule has 4 aromatic carbocycles. The predicted molar refractivity (Wildman–Crippen MR) is 252 cm³/mol. The number of rotatable bonds is 12. The van der Waals surface area contributed by atoms with E-state index in [1.54, 1.807) is 48.5 Å². The van der Waals surface area contributed by atoms with Crippen molar-refractivity contribution in [1.29, 1.82) is 0 Å². The minimum atomic E-state index is -3.67. The Hall–Kier alpha value is -6.48. The number of nitro groups is 2. The van der Waals surface area contributed by atoms with Gasteiger partial charge in [-0.1, -0.05) is 13.8 Å². The van der Waals surface area contributed by atoms with Crippen molar-refractivity contribution in [3.05, 3.63) is 101 Å². The number of anilines is 2. The Morgan fingerprint density at radius 2 is 0.954 bits per heavy atom. The second-order valence-corrected chi connectivity index (χ2v) is 17.5. The number of nitro benzene ring substituents is 2. The lowest BCUT2D eigenvalue weighted by atomic mass is 10.1. The molecule has 0 aliphatic heterocycles. The Bertz CT molecular complexity index is 2790. The van der Waals surface area contributed by atoms with Gasteiger partial charge >= 0.3 is 0 Å². The van der Waals surface area contributed by atoms with Crippen LogP contribution in [0.1, 0.15) is 26.7 Å².